The fourth-order valence-electron chi connectivity index (χ4n) is 1.58. The lowest BCUT2D eigenvalue weighted by Gasteiger charge is -2.11. The summed E-state index contributed by atoms with van der Waals surface area (Å²) in [5.74, 6) is 0. The molecule has 19 heavy (non-hydrogen) atoms. The summed E-state index contributed by atoms with van der Waals surface area (Å²) in [6, 6.07) is 11.4. The minimum atomic E-state index is -3.60. The van der Waals surface area contributed by atoms with Gasteiger partial charge in [-0.25, -0.2) is 8.42 Å². The maximum Gasteiger partial charge on any atom is 0.261 e. The second-order valence-corrected chi connectivity index (χ2v) is 6.59. The lowest BCUT2D eigenvalue weighted by molar-refractivity contribution is 0.601. The highest BCUT2D eigenvalue weighted by molar-refractivity contribution is 9.10. The average molecular weight is 341 g/mol. The summed E-state index contributed by atoms with van der Waals surface area (Å²) in [6.45, 7) is 1.89. The first-order chi connectivity index (χ1) is 8.90. The number of sulfonamides is 1. The Balaban J connectivity index is 2.36. The topological polar surface area (TPSA) is 72.2 Å². The highest BCUT2D eigenvalue weighted by Crippen LogP contribution is 2.28. The Kier molecular flexibility index (Phi) is 3.82. The number of aryl methyl sites for hydroxylation is 1. The number of hydrogen-bond acceptors (Lipinski definition) is 3. The Hall–Kier alpha value is -1.53. The zero-order chi connectivity index (χ0) is 14.0. The minimum Gasteiger partial charge on any atom is -0.399 e. The first-order valence-corrected chi connectivity index (χ1v) is 7.81. The summed E-state index contributed by atoms with van der Waals surface area (Å²) < 4.78 is 27.7. The van der Waals surface area contributed by atoms with E-state index in [1.54, 1.807) is 24.3 Å². The van der Waals surface area contributed by atoms with E-state index < -0.39 is 10.0 Å². The van der Waals surface area contributed by atoms with E-state index in [2.05, 4.69) is 20.7 Å². The lowest BCUT2D eigenvalue weighted by Crippen LogP contribution is -2.13. The van der Waals surface area contributed by atoms with Gasteiger partial charge in [0.1, 0.15) is 0 Å². The van der Waals surface area contributed by atoms with Crippen LogP contribution in [-0.2, 0) is 10.0 Å². The average Bonchev–Trinajstić information content (AvgIpc) is 2.35. The summed E-state index contributed by atoms with van der Waals surface area (Å²) in [5.41, 5.74) is 7.53. The standard InChI is InChI=1S/C13H13BrN2O2S/c1-9-3-2-4-12(13(9)14)16-19(17,18)11-7-5-10(15)6-8-11/h2-8,16H,15H2,1H3. The van der Waals surface area contributed by atoms with Crippen LogP contribution in [0.25, 0.3) is 0 Å². The van der Waals surface area contributed by atoms with Crippen LogP contribution < -0.4 is 10.5 Å². The summed E-state index contributed by atoms with van der Waals surface area (Å²) in [5, 5.41) is 0. The molecular formula is C13H13BrN2O2S. The number of benzene rings is 2. The second-order valence-electron chi connectivity index (χ2n) is 4.11. The van der Waals surface area contributed by atoms with Gasteiger partial charge in [0.2, 0.25) is 0 Å². The van der Waals surface area contributed by atoms with Gasteiger partial charge in [0.15, 0.2) is 0 Å². The number of nitrogens with one attached hydrogen (secondary N) is 1. The molecule has 0 heterocycles. The van der Waals surface area contributed by atoms with E-state index in [1.807, 2.05) is 13.0 Å². The number of halogens is 1. The molecule has 6 heteroatoms. The van der Waals surface area contributed by atoms with Crippen molar-refractivity contribution in [3.8, 4) is 0 Å². The summed E-state index contributed by atoms with van der Waals surface area (Å²) in [6.07, 6.45) is 0. The van der Waals surface area contributed by atoms with Crippen molar-refractivity contribution in [1.29, 1.82) is 0 Å². The molecule has 2 aromatic carbocycles. The van der Waals surface area contributed by atoms with Gasteiger partial charge >= 0.3 is 0 Å². The van der Waals surface area contributed by atoms with E-state index in [9.17, 15) is 8.42 Å². The van der Waals surface area contributed by atoms with Crippen LogP contribution in [0, 0.1) is 6.92 Å². The predicted molar refractivity (Wildman–Crippen MR) is 80.5 cm³/mol. The molecule has 0 fully saturated rings. The molecule has 0 saturated carbocycles. The van der Waals surface area contributed by atoms with E-state index in [4.69, 9.17) is 5.73 Å². The van der Waals surface area contributed by atoms with Gasteiger partial charge in [0.25, 0.3) is 10.0 Å². The fourth-order valence-corrected chi connectivity index (χ4v) is 3.14. The van der Waals surface area contributed by atoms with Crippen LogP contribution in [0.1, 0.15) is 5.56 Å². The Morgan fingerprint density at radius 2 is 1.74 bits per heavy atom. The molecule has 0 saturated heterocycles. The van der Waals surface area contributed by atoms with Gasteiger partial charge < -0.3 is 5.73 Å². The van der Waals surface area contributed by atoms with Crippen molar-refractivity contribution in [1.82, 2.24) is 0 Å². The molecule has 100 valence electrons. The monoisotopic (exact) mass is 340 g/mol. The van der Waals surface area contributed by atoms with Gasteiger partial charge in [-0.1, -0.05) is 12.1 Å². The molecule has 0 aliphatic heterocycles. The molecule has 0 aromatic heterocycles. The number of rotatable bonds is 3. The molecule has 3 N–H and O–H groups in total. The molecule has 0 amide bonds. The number of nitrogen functional groups attached to an aromatic ring is 1. The van der Waals surface area contributed by atoms with Crippen molar-refractivity contribution >= 4 is 37.3 Å². The third-order valence-corrected chi connectivity index (χ3v) is 5.06. The second kappa shape index (κ2) is 5.22. The quantitative estimate of drug-likeness (QED) is 0.843. The van der Waals surface area contributed by atoms with Crippen molar-refractivity contribution in [2.75, 3.05) is 10.5 Å². The summed E-state index contributed by atoms with van der Waals surface area (Å²) in [4.78, 5) is 0.176. The van der Waals surface area contributed by atoms with Gasteiger partial charge in [0, 0.05) is 10.2 Å². The highest BCUT2D eigenvalue weighted by Gasteiger charge is 2.15. The molecule has 0 radical (unpaired) electrons. The van der Waals surface area contributed by atoms with Crippen molar-refractivity contribution in [3.63, 3.8) is 0 Å². The smallest absolute Gasteiger partial charge is 0.261 e. The van der Waals surface area contributed by atoms with Gasteiger partial charge in [-0.15, -0.1) is 0 Å². The molecular weight excluding hydrogens is 328 g/mol. The Labute approximate surface area is 120 Å². The van der Waals surface area contributed by atoms with Gasteiger partial charge in [0.05, 0.1) is 10.6 Å². The number of nitrogens with two attached hydrogens (primary N) is 1. The van der Waals surface area contributed by atoms with Crippen LogP contribution in [0.5, 0.6) is 0 Å². The SMILES string of the molecule is Cc1cccc(NS(=O)(=O)c2ccc(N)cc2)c1Br. The van der Waals surface area contributed by atoms with E-state index in [1.165, 1.54) is 12.1 Å². The van der Waals surface area contributed by atoms with Crippen LogP contribution in [0.2, 0.25) is 0 Å². The van der Waals surface area contributed by atoms with E-state index >= 15 is 0 Å². The molecule has 0 atom stereocenters. The number of hydrogen-bond donors (Lipinski definition) is 2. The maximum absolute atomic E-state index is 12.2. The van der Waals surface area contributed by atoms with Gasteiger partial charge in [-0.3, -0.25) is 4.72 Å². The van der Waals surface area contributed by atoms with Crippen LogP contribution in [0.3, 0.4) is 0 Å². The van der Waals surface area contributed by atoms with E-state index in [-0.39, 0.29) is 4.90 Å². The van der Waals surface area contributed by atoms with Crippen LogP contribution in [0.4, 0.5) is 11.4 Å². The number of anilines is 2. The van der Waals surface area contributed by atoms with Crippen LogP contribution in [-0.4, -0.2) is 8.42 Å². The molecule has 0 unspecified atom stereocenters. The predicted octanol–water partition coefficient (Wildman–Crippen LogP) is 3.14. The van der Waals surface area contributed by atoms with Gasteiger partial charge in [-0.2, -0.15) is 0 Å². The largest absolute Gasteiger partial charge is 0.399 e. The normalized spacial score (nSPS) is 11.3. The Morgan fingerprint density at radius 3 is 2.37 bits per heavy atom. The summed E-state index contributed by atoms with van der Waals surface area (Å²) in [7, 11) is -3.60. The van der Waals surface area contributed by atoms with Crippen molar-refractivity contribution in [2.45, 2.75) is 11.8 Å². The summed E-state index contributed by atoms with van der Waals surface area (Å²) >= 11 is 3.37. The molecule has 2 rings (SSSR count). The van der Waals surface area contributed by atoms with Crippen LogP contribution in [0.15, 0.2) is 51.8 Å². The minimum absolute atomic E-state index is 0.176. The molecule has 0 aliphatic carbocycles. The molecule has 0 spiro atoms. The lowest BCUT2D eigenvalue weighted by atomic mass is 10.2. The highest BCUT2D eigenvalue weighted by atomic mass is 79.9. The first-order valence-electron chi connectivity index (χ1n) is 5.53. The van der Waals surface area contributed by atoms with Crippen LogP contribution >= 0.6 is 15.9 Å². The molecule has 4 nitrogen and oxygen atoms in total. The maximum atomic E-state index is 12.2. The Bertz CT molecular complexity index is 697. The van der Waals surface area contributed by atoms with Crippen molar-refractivity contribution in [2.24, 2.45) is 0 Å². The molecule has 0 aliphatic rings. The molecule has 0 bridgehead atoms. The van der Waals surface area contributed by atoms with Crippen molar-refractivity contribution in [3.05, 3.63) is 52.5 Å². The van der Waals surface area contributed by atoms with E-state index in [0.29, 0.717) is 11.4 Å². The zero-order valence-electron chi connectivity index (χ0n) is 10.2. The fraction of sp³-hybridized carbons (Fsp3) is 0.0769. The molecule has 2 aromatic rings. The zero-order valence-corrected chi connectivity index (χ0v) is 12.6. The Morgan fingerprint density at radius 1 is 1.11 bits per heavy atom. The van der Waals surface area contributed by atoms with E-state index in [0.717, 1.165) is 10.0 Å². The van der Waals surface area contributed by atoms with Crippen molar-refractivity contribution < 1.29 is 8.42 Å². The third-order valence-electron chi connectivity index (χ3n) is 2.63. The third kappa shape index (κ3) is 3.08. The van der Waals surface area contributed by atoms with Gasteiger partial charge in [-0.05, 0) is 58.7 Å². The first kappa shape index (κ1) is 13.9.